The number of halogens is 2. The first-order chi connectivity index (χ1) is 12.8. The lowest BCUT2D eigenvalue weighted by molar-refractivity contribution is 0.0600. The third-order valence-corrected chi connectivity index (χ3v) is 5.68. The predicted molar refractivity (Wildman–Crippen MR) is 96.4 cm³/mol. The van der Waals surface area contributed by atoms with E-state index in [-0.39, 0.29) is 11.3 Å². The van der Waals surface area contributed by atoms with Gasteiger partial charge < -0.3 is 9.64 Å². The van der Waals surface area contributed by atoms with Crippen LogP contribution in [0.15, 0.2) is 41.3 Å². The number of carbonyl (C=O) groups is 1. The summed E-state index contributed by atoms with van der Waals surface area (Å²) in [5.74, 6) is -2.40. The van der Waals surface area contributed by atoms with Crippen molar-refractivity contribution in [3.05, 3.63) is 53.6 Å². The van der Waals surface area contributed by atoms with Crippen molar-refractivity contribution in [1.82, 2.24) is 0 Å². The monoisotopic (exact) mass is 396 g/mol. The van der Waals surface area contributed by atoms with Crippen molar-refractivity contribution in [3.8, 4) is 0 Å². The zero-order chi connectivity index (χ0) is 19.6. The Balaban J connectivity index is 1.88. The number of ether oxygens (including phenoxy) is 1. The van der Waals surface area contributed by atoms with Crippen LogP contribution in [0.4, 0.5) is 20.2 Å². The van der Waals surface area contributed by atoms with E-state index in [1.54, 1.807) is 0 Å². The van der Waals surface area contributed by atoms with Crippen molar-refractivity contribution in [3.63, 3.8) is 0 Å². The molecule has 1 aliphatic heterocycles. The second-order valence-corrected chi connectivity index (χ2v) is 7.75. The van der Waals surface area contributed by atoms with Gasteiger partial charge in [-0.25, -0.2) is 22.0 Å². The van der Waals surface area contributed by atoms with E-state index in [0.717, 1.165) is 57.3 Å². The molecule has 0 unspecified atom stereocenters. The average Bonchev–Trinajstić information content (AvgIpc) is 3.15. The fourth-order valence-corrected chi connectivity index (χ4v) is 4.10. The maximum atomic E-state index is 14.4. The van der Waals surface area contributed by atoms with E-state index in [0.29, 0.717) is 5.69 Å². The van der Waals surface area contributed by atoms with Crippen LogP contribution in [0.3, 0.4) is 0 Å². The standard InChI is InChI=1S/C18H18F2N2O4S/c1-26-18(23)12-4-6-14(19)17(10-12)27(24,25)21-13-5-7-16(15(20)11-13)22-8-2-3-9-22/h4-7,10-11,21H,2-3,8-9H2,1H3. The Hall–Kier alpha value is -2.68. The quantitative estimate of drug-likeness (QED) is 0.786. The number of benzene rings is 2. The highest BCUT2D eigenvalue weighted by molar-refractivity contribution is 7.92. The number of carbonyl (C=O) groups excluding carboxylic acids is 1. The molecule has 0 aromatic heterocycles. The first-order valence-corrected chi connectivity index (χ1v) is 9.75. The summed E-state index contributed by atoms with van der Waals surface area (Å²) in [7, 11) is -3.24. The molecule has 0 bridgehead atoms. The zero-order valence-corrected chi connectivity index (χ0v) is 15.4. The van der Waals surface area contributed by atoms with Crippen molar-refractivity contribution in [2.45, 2.75) is 17.7 Å². The molecule has 1 N–H and O–H groups in total. The summed E-state index contributed by atoms with van der Waals surface area (Å²) in [5, 5.41) is 0. The summed E-state index contributed by atoms with van der Waals surface area (Å²) >= 11 is 0. The average molecular weight is 396 g/mol. The Morgan fingerprint density at radius 3 is 2.41 bits per heavy atom. The van der Waals surface area contributed by atoms with Crippen LogP contribution in [0.5, 0.6) is 0 Å². The van der Waals surface area contributed by atoms with E-state index in [2.05, 4.69) is 9.46 Å². The lowest BCUT2D eigenvalue weighted by atomic mass is 10.2. The third-order valence-electron chi connectivity index (χ3n) is 4.29. The number of esters is 1. The molecule has 0 aliphatic carbocycles. The van der Waals surface area contributed by atoms with Gasteiger partial charge in [0.15, 0.2) is 0 Å². The number of nitrogens with zero attached hydrogens (tertiary/aromatic N) is 1. The van der Waals surface area contributed by atoms with Crippen molar-refractivity contribution in [2.24, 2.45) is 0 Å². The molecule has 3 rings (SSSR count). The number of nitrogens with one attached hydrogen (secondary N) is 1. The highest BCUT2D eigenvalue weighted by Gasteiger charge is 2.23. The van der Waals surface area contributed by atoms with Crippen molar-refractivity contribution >= 4 is 27.4 Å². The molecule has 1 saturated heterocycles. The van der Waals surface area contributed by atoms with Gasteiger partial charge in [0.2, 0.25) is 0 Å². The zero-order valence-electron chi connectivity index (χ0n) is 14.5. The van der Waals surface area contributed by atoms with Gasteiger partial charge in [-0.1, -0.05) is 0 Å². The minimum Gasteiger partial charge on any atom is -0.465 e. The van der Waals surface area contributed by atoms with Gasteiger partial charge in [-0.15, -0.1) is 0 Å². The van der Waals surface area contributed by atoms with Crippen molar-refractivity contribution in [1.29, 1.82) is 0 Å². The smallest absolute Gasteiger partial charge is 0.337 e. The summed E-state index contributed by atoms with van der Waals surface area (Å²) in [6.45, 7) is 1.49. The van der Waals surface area contributed by atoms with E-state index >= 15 is 0 Å². The first-order valence-electron chi connectivity index (χ1n) is 8.27. The van der Waals surface area contributed by atoms with Gasteiger partial charge in [0.25, 0.3) is 10.0 Å². The number of rotatable bonds is 5. The largest absolute Gasteiger partial charge is 0.465 e. The van der Waals surface area contributed by atoms with Crippen LogP contribution in [0.1, 0.15) is 23.2 Å². The SMILES string of the molecule is COC(=O)c1ccc(F)c(S(=O)(=O)Nc2ccc(N3CCCC3)c(F)c2)c1. The van der Waals surface area contributed by atoms with Crippen LogP contribution in [0, 0.1) is 11.6 Å². The van der Waals surface area contributed by atoms with E-state index in [9.17, 15) is 22.0 Å². The van der Waals surface area contributed by atoms with Crippen LogP contribution >= 0.6 is 0 Å². The third kappa shape index (κ3) is 4.02. The van der Waals surface area contributed by atoms with Crippen LogP contribution < -0.4 is 9.62 Å². The lowest BCUT2D eigenvalue weighted by Gasteiger charge is -2.19. The van der Waals surface area contributed by atoms with E-state index < -0.39 is 32.5 Å². The molecule has 2 aromatic rings. The molecule has 1 heterocycles. The molecular weight excluding hydrogens is 378 g/mol. The summed E-state index contributed by atoms with van der Waals surface area (Å²) in [5.41, 5.74) is 0.238. The fraction of sp³-hybridized carbons (Fsp3) is 0.278. The minimum absolute atomic E-state index is 0.0432. The van der Waals surface area contributed by atoms with Gasteiger partial charge in [-0.3, -0.25) is 4.72 Å². The van der Waals surface area contributed by atoms with Gasteiger partial charge in [-0.2, -0.15) is 0 Å². The fourth-order valence-electron chi connectivity index (χ4n) is 2.95. The molecule has 1 aliphatic rings. The van der Waals surface area contributed by atoms with E-state index in [4.69, 9.17) is 0 Å². The Labute approximate surface area is 155 Å². The number of sulfonamides is 1. The van der Waals surface area contributed by atoms with Crippen molar-refractivity contribution in [2.75, 3.05) is 29.8 Å². The number of hydrogen-bond acceptors (Lipinski definition) is 5. The molecule has 9 heteroatoms. The molecular formula is C18H18F2N2O4S. The molecule has 0 amide bonds. The number of methoxy groups -OCH3 is 1. The molecule has 0 atom stereocenters. The van der Waals surface area contributed by atoms with Gasteiger partial charge in [-0.05, 0) is 43.2 Å². The van der Waals surface area contributed by atoms with Crippen LogP contribution in [0.25, 0.3) is 0 Å². The number of anilines is 2. The van der Waals surface area contributed by atoms with Crippen LogP contribution in [-0.2, 0) is 14.8 Å². The van der Waals surface area contributed by atoms with Crippen molar-refractivity contribution < 1.29 is 26.7 Å². The topological polar surface area (TPSA) is 75.7 Å². The van der Waals surface area contributed by atoms with Crippen LogP contribution in [0.2, 0.25) is 0 Å². The Morgan fingerprint density at radius 1 is 1.07 bits per heavy atom. The summed E-state index contributed by atoms with van der Waals surface area (Å²) in [6, 6.07) is 6.80. The molecule has 144 valence electrons. The minimum atomic E-state index is -4.37. The number of hydrogen-bond donors (Lipinski definition) is 1. The second kappa shape index (κ2) is 7.51. The molecule has 0 radical (unpaired) electrons. The van der Waals surface area contributed by atoms with E-state index in [1.165, 1.54) is 12.1 Å². The maximum Gasteiger partial charge on any atom is 0.337 e. The molecule has 6 nitrogen and oxygen atoms in total. The Bertz CT molecular complexity index is 973. The second-order valence-electron chi connectivity index (χ2n) is 6.10. The van der Waals surface area contributed by atoms with Gasteiger partial charge in [0.05, 0.1) is 24.0 Å². The summed E-state index contributed by atoms with van der Waals surface area (Å²) in [4.78, 5) is 12.7. The predicted octanol–water partition coefficient (Wildman–Crippen LogP) is 3.15. The van der Waals surface area contributed by atoms with E-state index in [1.807, 2.05) is 4.90 Å². The molecule has 0 spiro atoms. The normalized spacial score (nSPS) is 14.3. The Kier molecular flexibility index (Phi) is 5.31. The van der Waals surface area contributed by atoms with Gasteiger partial charge >= 0.3 is 5.97 Å². The molecule has 0 saturated carbocycles. The first kappa shape index (κ1) is 19.1. The summed E-state index contributed by atoms with van der Waals surface area (Å²) in [6.07, 6.45) is 1.95. The molecule has 27 heavy (non-hydrogen) atoms. The highest BCUT2D eigenvalue weighted by atomic mass is 32.2. The van der Waals surface area contributed by atoms with Gasteiger partial charge in [0.1, 0.15) is 16.5 Å². The molecule has 1 fully saturated rings. The lowest BCUT2D eigenvalue weighted by Crippen LogP contribution is -2.19. The Morgan fingerprint density at radius 2 is 1.78 bits per heavy atom. The maximum absolute atomic E-state index is 14.4. The summed E-state index contributed by atoms with van der Waals surface area (Å²) < 4.78 is 60.0. The molecule has 2 aromatic carbocycles. The van der Waals surface area contributed by atoms with Gasteiger partial charge in [0, 0.05) is 19.2 Å². The van der Waals surface area contributed by atoms with Crippen LogP contribution in [-0.4, -0.2) is 34.6 Å². The highest BCUT2D eigenvalue weighted by Crippen LogP contribution is 2.27.